The number of ether oxygens (including phenoxy) is 5. The van der Waals surface area contributed by atoms with Gasteiger partial charge in [0.1, 0.15) is 23.1 Å². The van der Waals surface area contributed by atoms with Crippen LogP contribution in [-0.2, 0) is 24.0 Å². The average Bonchev–Trinajstić information content (AvgIpc) is 3.01. The Kier molecular flexibility index (Phi) is 11.9. The van der Waals surface area contributed by atoms with E-state index >= 15 is 0 Å². The molecule has 3 aromatic carbocycles. The molecule has 11 heteroatoms. The van der Waals surface area contributed by atoms with Gasteiger partial charge in [-0.3, -0.25) is 0 Å². The van der Waals surface area contributed by atoms with Crippen LogP contribution in [0.3, 0.4) is 0 Å². The van der Waals surface area contributed by atoms with Crippen molar-refractivity contribution in [2.45, 2.75) is 27.7 Å². The molecular weight excluding hydrogens is 623 g/mol. The van der Waals surface area contributed by atoms with Gasteiger partial charge in [0, 0.05) is 51.6 Å². The molecule has 0 bridgehead atoms. The first-order valence-corrected chi connectivity index (χ1v) is 14.0. The second kappa shape index (κ2) is 15.8. The van der Waals surface area contributed by atoms with E-state index in [0.717, 1.165) is 24.3 Å². The van der Waals surface area contributed by atoms with Crippen LogP contribution in [-0.4, -0.2) is 29.8 Å². The van der Waals surface area contributed by atoms with E-state index in [1.54, 1.807) is 12.1 Å². The molecule has 0 aliphatic carbocycles. The smallest absolute Gasteiger partial charge is 0.338 e. The lowest BCUT2D eigenvalue weighted by Crippen LogP contribution is -2.13. The maximum absolute atomic E-state index is 14.7. The van der Waals surface area contributed by atoms with E-state index in [0.29, 0.717) is 5.56 Å². The predicted molar refractivity (Wildman–Crippen MR) is 175 cm³/mol. The van der Waals surface area contributed by atoms with Crippen molar-refractivity contribution in [3.63, 3.8) is 0 Å². The molecule has 0 radical (unpaired) electrons. The van der Waals surface area contributed by atoms with Gasteiger partial charge in [-0.25, -0.2) is 28.4 Å². The zero-order valence-electron chi connectivity index (χ0n) is 26.6. The minimum atomic E-state index is -1.02. The fourth-order valence-electron chi connectivity index (χ4n) is 3.48. The van der Waals surface area contributed by atoms with Crippen LogP contribution in [0.2, 0.25) is 0 Å². The average molecular weight is 655 g/mol. The fraction of sp³-hybridized carbons (Fsp3) is 0.108. The third-order valence-electron chi connectivity index (χ3n) is 6.01. The van der Waals surface area contributed by atoms with Gasteiger partial charge < -0.3 is 23.7 Å². The molecule has 0 aromatic heterocycles. The second-order valence-corrected chi connectivity index (χ2v) is 10.4. The molecule has 0 atom stereocenters. The van der Waals surface area contributed by atoms with Crippen molar-refractivity contribution in [2.75, 3.05) is 0 Å². The third-order valence-corrected chi connectivity index (χ3v) is 6.01. The second-order valence-electron chi connectivity index (χ2n) is 10.4. The number of carbonyl (C=O) groups excluding carboxylic acids is 5. The third kappa shape index (κ3) is 9.82. The Morgan fingerprint density at radius 1 is 0.562 bits per heavy atom. The molecule has 0 unspecified atom stereocenters. The van der Waals surface area contributed by atoms with Crippen molar-refractivity contribution >= 4 is 35.9 Å². The van der Waals surface area contributed by atoms with Crippen LogP contribution in [0.5, 0.6) is 28.7 Å². The number of esters is 5. The van der Waals surface area contributed by atoms with Crippen molar-refractivity contribution in [2.24, 2.45) is 0 Å². The van der Waals surface area contributed by atoms with Gasteiger partial charge in [0.15, 0.2) is 11.5 Å². The van der Waals surface area contributed by atoms with Crippen molar-refractivity contribution in [3.05, 3.63) is 121 Å². The van der Waals surface area contributed by atoms with E-state index in [4.69, 9.17) is 23.7 Å². The highest BCUT2D eigenvalue weighted by molar-refractivity contribution is 5.94. The Balaban J connectivity index is 2.02. The van der Waals surface area contributed by atoms with Crippen LogP contribution in [0.25, 0.3) is 17.2 Å². The SMILES string of the molecule is C=C(C)C(=O)Oc1ccc(-c2cc(OC(=O)C(=C)C)c(OC(=O)/C=C/c3ccc(OC(=O)C(=C)C)cc3F)cc2OC(=O)C(=C)C)cc1. The Morgan fingerprint density at radius 2 is 1.02 bits per heavy atom. The molecule has 0 saturated heterocycles. The maximum atomic E-state index is 14.7. The van der Waals surface area contributed by atoms with Crippen molar-refractivity contribution in [3.8, 4) is 39.9 Å². The maximum Gasteiger partial charge on any atom is 0.338 e. The highest BCUT2D eigenvalue weighted by Gasteiger charge is 2.22. The molecule has 0 aliphatic heterocycles. The van der Waals surface area contributed by atoms with Gasteiger partial charge in [0.25, 0.3) is 0 Å². The highest BCUT2D eigenvalue weighted by Crippen LogP contribution is 2.41. The number of halogens is 1. The summed E-state index contributed by atoms with van der Waals surface area (Å²) in [5.41, 5.74) is 1.01. The van der Waals surface area contributed by atoms with Gasteiger partial charge in [-0.2, -0.15) is 0 Å². The van der Waals surface area contributed by atoms with Crippen LogP contribution in [0.4, 0.5) is 4.39 Å². The number of benzene rings is 3. The summed E-state index contributed by atoms with van der Waals surface area (Å²) in [7, 11) is 0. The topological polar surface area (TPSA) is 132 Å². The zero-order chi connectivity index (χ0) is 35.7. The van der Waals surface area contributed by atoms with E-state index in [2.05, 4.69) is 26.3 Å². The lowest BCUT2D eigenvalue weighted by atomic mass is 10.0. The summed E-state index contributed by atoms with van der Waals surface area (Å²) < 4.78 is 41.3. The van der Waals surface area contributed by atoms with E-state index in [9.17, 15) is 28.4 Å². The summed E-state index contributed by atoms with van der Waals surface area (Å²) in [5.74, 6) is -5.39. The zero-order valence-corrected chi connectivity index (χ0v) is 26.6. The number of carbonyl (C=O) groups is 5. The van der Waals surface area contributed by atoms with E-state index in [1.165, 1.54) is 58.0 Å². The molecule has 0 heterocycles. The Hall–Kier alpha value is -6.36. The molecule has 3 rings (SSSR count). The van der Waals surface area contributed by atoms with Gasteiger partial charge in [-0.15, -0.1) is 0 Å². The van der Waals surface area contributed by atoms with Gasteiger partial charge >= 0.3 is 29.8 Å². The first kappa shape index (κ1) is 36.1. The Bertz CT molecular complexity index is 1900. The van der Waals surface area contributed by atoms with Gasteiger partial charge in [-0.05, 0) is 69.7 Å². The Morgan fingerprint density at radius 3 is 1.54 bits per heavy atom. The summed E-state index contributed by atoms with van der Waals surface area (Å²) >= 11 is 0. The summed E-state index contributed by atoms with van der Waals surface area (Å²) in [5, 5.41) is 0. The van der Waals surface area contributed by atoms with E-state index in [-0.39, 0.29) is 62.2 Å². The molecule has 0 saturated carbocycles. The largest absolute Gasteiger partial charge is 0.423 e. The highest BCUT2D eigenvalue weighted by atomic mass is 19.1. The van der Waals surface area contributed by atoms with Crippen molar-refractivity contribution in [1.29, 1.82) is 0 Å². The number of hydrogen-bond donors (Lipinski definition) is 0. The lowest BCUT2D eigenvalue weighted by molar-refractivity contribution is -0.132. The summed E-state index contributed by atoms with van der Waals surface area (Å²) in [6, 6.07) is 12.1. The van der Waals surface area contributed by atoms with Gasteiger partial charge in [0.05, 0.1) is 0 Å². The van der Waals surface area contributed by atoms with Crippen LogP contribution in [0.1, 0.15) is 33.3 Å². The molecule has 0 fully saturated rings. The first-order chi connectivity index (χ1) is 22.5. The number of rotatable bonds is 12. The summed E-state index contributed by atoms with van der Waals surface area (Å²) in [4.78, 5) is 61.6. The predicted octanol–water partition coefficient (Wildman–Crippen LogP) is 7.04. The summed E-state index contributed by atoms with van der Waals surface area (Å²) in [6.45, 7) is 19.9. The van der Waals surface area contributed by atoms with Crippen LogP contribution in [0, 0.1) is 5.82 Å². The van der Waals surface area contributed by atoms with E-state index < -0.39 is 35.7 Å². The van der Waals surface area contributed by atoms with Crippen LogP contribution in [0.15, 0.2) is 109 Å². The summed E-state index contributed by atoms with van der Waals surface area (Å²) in [6.07, 6.45) is 2.01. The van der Waals surface area contributed by atoms with Gasteiger partial charge in [-0.1, -0.05) is 38.4 Å². The minimum Gasteiger partial charge on any atom is -0.423 e. The number of hydrogen-bond acceptors (Lipinski definition) is 10. The molecular formula is C37H31FO10. The fourth-order valence-corrected chi connectivity index (χ4v) is 3.48. The standard InChI is InChI=1S/C37H31FO10/c1-20(2)34(40)44-26-13-9-24(10-14-26)28-18-31(48-37(43)23(7)8)32(19-30(28)47-36(42)22(5)6)46-33(39)16-12-25-11-15-27(17-29(25)38)45-35(41)21(3)4/h9-19H,1,3,5,7H2,2,4,6,8H3/b16-12+. The molecule has 0 amide bonds. The monoisotopic (exact) mass is 654 g/mol. The van der Waals surface area contributed by atoms with Crippen molar-refractivity contribution in [1.82, 2.24) is 0 Å². The van der Waals surface area contributed by atoms with Crippen LogP contribution >= 0.6 is 0 Å². The molecule has 3 aromatic rings. The van der Waals surface area contributed by atoms with Crippen molar-refractivity contribution < 1.29 is 52.0 Å². The lowest BCUT2D eigenvalue weighted by Gasteiger charge is -2.16. The van der Waals surface area contributed by atoms with Crippen LogP contribution < -0.4 is 23.7 Å². The molecule has 10 nitrogen and oxygen atoms in total. The Labute approximate surface area is 276 Å². The minimum absolute atomic E-state index is 0.0306. The first-order valence-electron chi connectivity index (χ1n) is 14.0. The molecule has 0 N–H and O–H groups in total. The molecule has 48 heavy (non-hydrogen) atoms. The molecule has 0 spiro atoms. The van der Waals surface area contributed by atoms with Gasteiger partial charge in [0.2, 0.25) is 0 Å². The molecule has 0 aliphatic rings. The molecule has 246 valence electrons. The quantitative estimate of drug-likeness (QED) is 0.114. The normalized spacial score (nSPS) is 10.4. The van der Waals surface area contributed by atoms with E-state index in [1.807, 2.05) is 0 Å².